The molecule has 21 heavy (non-hydrogen) atoms. The molecule has 0 spiro atoms. The van der Waals surface area contributed by atoms with Crippen LogP contribution in [-0.4, -0.2) is 47.6 Å². The summed E-state index contributed by atoms with van der Waals surface area (Å²) < 4.78 is 4.92. The maximum atomic E-state index is 11.1. The van der Waals surface area contributed by atoms with E-state index in [1.807, 2.05) is 0 Å². The molecule has 0 aliphatic rings. The Morgan fingerprint density at radius 2 is 2.10 bits per heavy atom. The second kappa shape index (κ2) is 7.25. The van der Waals surface area contributed by atoms with Crippen molar-refractivity contribution in [1.29, 1.82) is 0 Å². The first-order valence-corrected chi connectivity index (χ1v) is 5.99. The molecule has 0 heterocycles. The molecular weight excluding hydrogens is 280 g/mol. The summed E-state index contributed by atoms with van der Waals surface area (Å²) >= 11 is 0. The minimum Gasteiger partial charge on any atom is -0.496 e. The number of rotatable bonds is 8. The van der Waals surface area contributed by atoms with E-state index < -0.39 is 24.0 Å². The molecule has 0 aliphatic heterocycles. The van der Waals surface area contributed by atoms with Crippen LogP contribution >= 0.6 is 0 Å². The number of aliphatic carboxylic acids is 1. The third kappa shape index (κ3) is 4.46. The number of benzene rings is 1. The lowest BCUT2D eigenvalue weighted by molar-refractivity contribution is -0.137. The second-order valence-corrected chi connectivity index (χ2v) is 4.28. The van der Waals surface area contributed by atoms with E-state index in [0.717, 1.165) is 0 Å². The fourth-order valence-corrected chi connectivity index (χ4v) is 1.75. The van der Waals surface area contributed by atoms with Gasteiger partial charge in [-0.3, -0.25) is 4.79 Å². The summed E-state index contributed by atoms with van der Waals surface area (Å²) in [6.07, 6.45) is 0.0522. The number of carbonyl (C=O) groups is 3. The van der Waals surface area contributed by atoms with Gasteiger partial charge in [0, 0.05) is 5.69 Å². The van der Waals surface area contributed by atoms with Gasteiger partial charge in [-0.05, 0) is 18.2 Å². The molecule has 0 amide bonds. The normalized spacial score (nSPS) is 13.0. The number of anilines is 1. The maximum Gasteiger partial charge on any atom is 0.339 e. The highest BCUT2D eigenvalue weighted by molar-refractivity contribution is 5.92. The Balaban J connectivity index is 3.03. The SMILES string of the molecule is COc1ccc(NC(CC(=O)O)[C@H](N)C=O)cc1C(=O)O. The number of carboxylic acids is 2. The minimum atomic E-state index is -1.19. The summed E-state index contributed by atoms with van der Waals surface area (Å²) in [4.78, 5) is 32.6. The summed E-state index contributed by atoms with van der Waals surface area (Å²) in [7, 11) is 1.34. The smallest absolute Gasteiger partial charge is 0.339 e. The van der Waals surface area contributed by atoms with Crippen molar-refractivity contribution in [2.45, 2.75) is 18.5 Å². The standard InChI is InChI=1S/C13H16N2O6/c1-21-11-3-2-7(4-8(11)13(19)20)15-10(5-12(17)18)9(14)6-16/h2-4,6,9-10,15H,5,14H2,1H3,(H,17,18)(H,19,20)/t9-,10?/m1/s1. The number of aromatic carboxylic acids is 1. The largest absolute Gasteiger partial charge is 0.496 e. The second-order valence-electron chi connectivity index (χ2n) is 4.28. The van der Waals surface area contributed by atoms with Gasteiger partial charge in [-0.15, -0.1) is 0 Å². The van der Waals surface area contributed by atoms with Crippen LogP contribution < -0.4 is 15.8 Å². The Morgan fingerprint density at radius 3 is 2.57 bits per heavy atom. The van der Waals surface area contributed by atoms with E-state index in [9.17, 15) is 14.4 Å². The van der Waals surface area contributed by atoms with Crippen LogP contribution in [-0.2, 0) is 9.59 Å². The van der Waals surface area contributed by atoms with Gasteiger partial charge in [0.1, 0.15) is 17.6 Å². The number of ether oxygens (including phenoxy) is 1. The topological polar surface area (TPSA) is 139 Å². The number of hydrogen-bond donors (Lipinski definition) is 4. The number of aldehydes is 1. The van der Waals surface area contributed by atoms with Gasteiger partial charge in [0.15, 0.2) is 0 Å². The van der Waals surface area contributed by atoms with Crippen LogP contribution in [0.15, 0.2) is 18.2 Å². The molecule has 0 radical (unpaired) electrons. The predicted octanol–water partition coefficient (Wildman–Crippen LogP) is 0.175. The molecular formula is C13H16N2O6. The molecule has 8 nitrogen and oxygen atoms in total. The van der Waals surface area contributed by atoms with E-state index in [-0.39, 0.29) is 17.7 Å². The third-order valence-corrected chi connectivity index (χ3v) is 2.80. The summed E-state index contributed by atoms with van der Waals surface area (Å²) in [5.74, 6) is -2.15. The molecule has 0 bridgehead atoms. The van der Waals surface area contributed by atoms with Crippen molar-refractivity contribution >= 4 is 23.9 Å². The van der Waals surface area contributed by atoms with Gasteiger partial charge in [-0.25, -0.2) is 4.79 Å². The Kier molecular flexibility index (Phi) is 5.67. The molecule has 114 valence electrons. The van der Waals surface area contributed by atoms with E-state index >= 15 is 0 Å². The van der Waals surface area contributed by atoms with Gasteiger partial charge in [0.2, 0.25) is 0 Å². The van der Waals surface area contributed by atoms with Gasteiger partial charge in [-0.2, -0.15) is 0 Å². The minimum absolute atomic E-state index is 0.0868. The monoisotopic (exact) mass is 296 g/mol. The fraction of sp³-hybridized carbons (Fsp3) is 0.308. The molecule has 0 saturated heterocycles. The number of methoxy groups -OCH3 is 1. The lowest BCUT2D eigenvalue weighted by atomic mass is 10.1. The van der Waals surface area contributed by atoms with Crippen LogP contribution in [0.25, 0.3) is 0 Å². The van der Waals surface area contributed by atoms with Gasteiger partial charge in [0.25, 0.3) is 0 Å². The molecule has 8 heteroatoms. The summed E-state index contributed by atoms with van der Waals surface area (Å²) in [5.41, 5.74) is 5.78. The third-order valence-electron chi connectivity index (χ3n) is 2.80. The Labute approximate surface area is 120 Å². The van der Waals surface area contributed by atoms with Gasteiger partial charge >= 0.3 is 11.9 Å². The number of carboxylic acid groups (broad SMARTS) is 2. The average Bonchev–Trinajstić information content (AvgIpc) is 2.45. The van der Waals surface area contributed by atoms with Crippen molar-refractivity contribution in [2.75, 3.05) is 12.4 Å². The first-order valence-electron chi connectivity index (χ1n) is 5.99. The van der Waals surface area contributed by atoms with Gasteiger partial charge in [0.05, 0.1) is 25.6 Å². The van der Waals surface area contributed by atoms with Crippen LogP contribution in [0.4, 0.5) is 5.69 Å². The first-order chi connectivity index (χ1) is 9.88. The highest BCUT2D eigenvalue weighted by atomic mass is 16.5. The number of nitrogens with one attached hydrogen (secondary N) is 1. The van der Waals surface area contributed by atoms with Crippen molar-refractivity contribution in [3.63, 3.8) is 0 Å². The van der Waals surface area contributed by atoms with Crippen molar-refractivity contribution in [3.05, 3.63) is 23.8 Å². The van der Waals surface area contributed by atoms with Crippen LogP contribution in [0.3, 0.4) is 0 Å². The van der Waals surface area contributed by atoms with Crippen molar-refractivity contribution in [3.8, 4) is 5.75 Å². The number of nitrogens with two attached hydrogens (primary N) is 1. The molecule has 0 fully saturated rings. The number of carbonyl (C=O) groups excluding carboxylic acids is 1. The highest BCUT2D eigenvalue weighted by Crippen LogP contribution is 2.23. The Morgan fingerprint density at radius 1 is 1.43 bits per heavy atom. The molecule has 1 aromatic carbocycles. The zero-order valence-electron chi connectivity index (χ0n) is 11.3. The molecule has 5 N–H and O–H groups in total. The predicted molar refractivity (Wildman–Crippen MR) is 73.7 cm³/mol. The zero-order chi connectivity index (χ0) is 16.0. The van der Waals surface area contributed by atoms with E-state index in [0.29, 0.717) is 12.0 Å². The average molecular weight is 296 g/mol. The molecule has 2 atom stereocenters. The molecule has 0 aromatic heterocycles. The van der Waals surface area contributed by atoms with Crippen LogP contribution in [0.5, 0.6) is 5.75 Å². The fourth-order valence-electron chi connectivity index (χ4n) is 1.75. The van der Waals surface area contributed by atoms with Crippen molar-refractivity contribution < 1.29 is 29.3 Å². The van der Waals surface area contributed by atoms with Crippen molar-refractivity contribution in [2.24, 2.45) is 5.73 Å². The van der Waals surface area contributed by atoms with E-state index in [1.165, 1.54) is 25.3 Å². The summed E-state index contributed by atoms with van der Waals surface area (Å²) in [6, 6.07) is 2.34. The Hall–Kier alpha value is -2.61. The molecule has 0 saturated carbocycles. The van der Waals surface area contributed by atoms with E-state index in [2.05, 4.69) is 5.32 Å². The first kappa shape index (κ1) is 16.4. The lowest BCUT2D eigenvalue weighted by Crippen LogP contribution is -2.42. The zero-order valence-corrected chi connectivity index (χ0v) is 11.3. The van der Waals surface area contributed by atoms with E-state index in [1.54, 1.807) is 0 Å². The molecule has 1 aromatic rings. The summed E-state index contributed by atoms with van der Waals surface area (Å²) in [6.45, 7) is 0. The van der Waals surface area contributed by atoms with Crippen LogP contribution in [0.2, 0.25) is 0 Å². The Bertz CT molecular complexity index is 545. The van der Waals surface area contributed by atoms with Crippen LogP contribution in [0.1, 0.15) is 16.8 Å². The summed E-state index contributed by atoms with van der Waals surface area (Å²) in [5, 5.41) is 20.6. The van der Waals surface area contributed by atoms with Crippen LogP contribution in [0, 0.1) is 0 Å². The molecule has 1 rings (SSSR count). The number of hydrogen-bond acceptors (Lipinski definition) is 6. The highest BCUT2D eigenvalue weighted by Gasteiger charge is 2.21. The van der Waals surface area contributed by atoms with Crippen molar-refractivity contribution in [1.82, 2.24) is 0 Å². The molecule has 1 unspecified atom stereocenters. The molecule has 0 aliphatic carbocycles. The lowest BCUT2D eigenvalue weighted by Gasteiger charge is -2.21. The van der Waals surface area contributed by atoms with E-state index in [4.69, 9.17) is 20.7 Å². The van der Waals surface area contributed by atoms with Gasteiger partial charge in [-0.1, -0.05) is 0 Å². The maximum absolute atomic E-state index is 11.1. The van der Waals surface area contributed by atoms with Gasteiger partial charge < -0.3 is 30.8 Å². The quantitative estimate of drug-likeness (QED) is 0.498.